The van der Waals surface area contributed by atoms with Crippen LogP contribution in [0.5, 0.6) is 5.75 Å². The van der Waals surface area contributed by atoms with E-state index in [9.17, 15) is 0 Å². The number of hydrogen-bond donors (Lipinski definition) is 1. The number of nitrogens with zero attached hydrogens (tertiary/aromatic N) is 1. The Labute approximate surface area is 110 Å². The Kier molecular flexibility index (Phi) is 5.67. The molecular formula is C15H22N2O. The molecule has 0 spiro atoms. The van der Waals surface area contributed by atoms with E-state index in [-0.39, 0.29) is 6.04 Å². The average Bonchev–Trinajstić information content (AvgIpc) is 2.35. The fraction of sp³-hybridized carbons (Fsp3) is 0.533. The Balaban J connectivity index is 2.72. The number of aryl methyl sites for hydroxylation is 1. The van der Waals surface area contributed by atoms with Gasteiger partial charge in [0.25, 0.3) is 0 Å². The highest BCUT2D eigenvalue weighted by Gasteiger charge is 2.09. The van der Waals surface area contributed by atoms with Gasteiger partial charge in [-0.2, -0.15) is 5.26 Å². The number of ether oxygens (including phenoxy) is 1. The first-order valence-electron chi connectivity index (χ1n) is 6.44. The summed E-state index contributed by atoms with van der Waals surface area (Å²) in [6, 6.07) is 8.20. The molecule has 1 unspecified atom stereocenters. The SMILES string of the molecule is CCNC(C#N)COc1cc(C(C)C)ccc1C. The largest absolute Gasteiger partial charge is 0.491 e. The van der Waals surface area contributed by atoms with E-state index in [0.29, 0.717) is 12.5 Å². The maximum atomic E-state index is 8.95. The molecular weight excluding hydrogens is 224 g/mol. The molecule has 3 nitrogen and oxygen atoms in total. The molecule has 0 radical (unpaired) electrons. The third-order valence-corrected chi connectivity index (χ3v) is 2.89. The van der Waals surface area contributed by atoms with Gasteiger partial charge in [0, 0.05) is 0 Å². The number of hydrogen-bond acceptors (Lipinski definition) is 3. The predicted molar refractivity (Wildman–Crippen MR) is 73.8 cm³/mol. The third-order valence-electron chi connectivity index (χ3n) is 2.89. The van der Waals surface area contributed by atoms with Crippen LogP contribution in [0.4, 0.5) is 0 Å². The Morgan fingerprint density at radius 1 is 1.39 bits per heavy atom. The quantitative estimate of drug-likeness (QED) is 0.839. The molecule has 1 rings (SSSR count). The molecule has 0 bridgehead atoms. The summed E-state index contributed by atoms with van der Waals surface area (Å²) in [6.07, 6.45) is 0. The van der Waals surface area contributed by atoms with Gasteiger partial charge in [0.15, 0.2) is 0 Å². The third kappa shape index (κ3) is 4.05. The summed E-state index contributed by atoms with van der Waals surface area (Å²) < 4.78 is 5.75. The van der Waals surface area contributed by atoms with E-state index >= 15 is 0 Å². The van der Waals surface area contributed by atoms with E-state index < -0.39 is 0 Å². The van der Waals surface area contributed by atoms with E-state index in [0.717, 1.165) is 17.9 Å². The smallest absolute Gasteiger partial charge is 0.130 e. The second kappa shape index (κ2) is 7.03. The van der Waals surface area contributed by atoms with Gasteiger partial charge in [0.05, 0.1) is 6.07 Å². The first kappa shape index (κ1) is 14.5. The first-order chi connectivity index (χ1) is 8.58. The average molecular weight is 246 g/mol. The van der Waals surface area contributed by atoms with Crippen molar-refractivity contribution in [3.63, 3.8) is 0 Å². The maximum Gasteiger partial charge on any atom is 0.130 e. The fourth-order valence-corrected chi connectivity index (χ4v) is 1.69. The minimum absolute atomic E-state index is 0.253. The monoisotopic (exact) mass is 246 g/mol. The standard InChI is InChI=1S/C15H22N2O/c1-5-17-14(9-16)10-18-15-8-13(11(2)3)7-6-12(15)4/h6-8,11,14,17H,5,10H2,1-4H3. The molecule has 0 aliphatic heterocycles. The van der Waals surface area contributed by atoms with Gasteiger partial charge in [-0.05, 0) is 36.6 Å². The van der Waals surface area contributed by atoms with Crippen LogP contribution in [0.3, 0.4) is 0 Å². The molecule has 0 saturated heterocycles. The van der Waals surface area contributed by atoms with Gasteiger partial charge >= 0.3 is 0 Å². The molecule has 0 fully saturated rings. The van der Waals surface area contributed by atoms with Crippen molar-refractivity contribution in [1.29, 1.82) is 5.26 Å². The lowest BCUT2D eigenvalue weighted by molar-refractivity contribution is 0.289. The fourth-order valence-electron chi connectivity index (χ4n) is 1.69. The van der Waals surface area contributed by atoms with Crippen molar-refractivity contribution in [2.24, 2.45) is 0 Å². The number of rotatable bonds is 6. The van der Waals surface area contributed by atoms with Crippen molar-refractivity contribution >= 4 is 0 Å². The number of benzene rings is 1. The molecule has 1 aromatic carbocycles. The summed E-state index contributed by atoms with van der Waals surface area (Å²) in [5, 5.41) is 12.0. The molecule has 0 aliphatic carbocycles. The highest BCUT2D eigenvalue weighted by Crippen LogP contribution is 2.24. The number of nitrogens with one attached hydrogen (secondary N) is 1. The molecule has 1 N–H and O–H groups in total. The summed E-state index contributed by atoms with van der Waals surface area (Å²) in [5.74, 6) is 1.35. The van der Waals surface area contributed by atoms with Gasteiger partial charge in [-0.25, -0.2) is 0 Å². The van der Waals surface area contributed by atoms with Crippen LogP contribution in [0.15, 0.2) is 18.2 Å². The zero-order valence-electron chi connectivity index (χ0n) is 11.7. The van der Waals surface area contributed by atoms with Crippen LogP contribution in [0, 0.1) is 18.3 Å². The first-order valence-corrected chi connectivity index (χ1v) is 6.44. The van der Waals surface area contributed by atoms with Gasteiger partial charge in [0.1, 0.15) is 18.4 Å². The topological polar surface area (TPSA) is 45.0 Å². The summed E-state index contributed by atoms with van der Waals surface area (Å²) >= 11 is 0. The molecule has 0 aliphatic rings. The zero-order valence-corrected chi connectivity index (χ0v) is 11.7. The van der Waals surface area contributed by atoms with E-state index in [4.69, 9.17) is 10.00 Å². The lowest BCUT2D eigenvalue weighted by Crippen LogP contribution is -2.33. The molecule has 0 saturated carbocycles. The lowest BCUT2D eigenvalue weighted by atomic mass is 10.0. The molecule has 0 aromatic heterocycles. The molecule has 0 amide bonds. The highest BCUT2D eigenvalue weighted by atomic mass is 16.5. The second-order valence-electron chi connectivity index (χ2n) is 4.73. The van der Waals surface area contributed by atoms with Gasteiger partial charge in [-0.15, -0.1) is 0 Å². The Bertz CT molecular complexity index is 421. The van der Waals surface area contributed by atoms with Crippen LogP contribution >= 0.6 is 0 Å². The molecule has 3 heteroatoms. The van der Waals surface area contributed by atoms with Gasteiger partial charge in [0.2, 0.25) is 0 Å². The zero-order chi connectivity index (χ0) is 13.5. The Hall–Kier alpha value is -1.53. The van der Waals surface area contributed by atoms with Crippen molar-refractivity contribution in [1.82, 2.24) is 5.32 Å². The van der Waals surface area contributed by atoms with Crippen LogP contribution in [0.1, 0.15) is 37.8 Å². The van der Waals surface area contributed by atoms with Crippen molar-refractivity contribution in [2.75, 3.05) is 13.2 Å². The van der Waals surface area contributed by atoms with Gasteiger partial charge in [-0.3, -0.25) is 5.32 Å². The van der Waals surface area contributed by atoms with Crippen LogP contribution in [-0.2, 0) is 0 Å². The summed E-state index contributed by atoms with van der Waals surface area (Å²) in [6.45, 7) is 9.47. The predicted octanol–water partition coefficient (Wildman–Crippen LogP) is 3.00. The van der Waals surface area contributed by atoms with E-state index in [1.807, 2.05) is 13.8 Å². The summed E-state index contributed by atoms with van der Waals surface area (Å²) in [4.78, 5) is 0. The second-order valence-corrected chi connectivity index (χ2v) is 4.73. The Morgan fingerprint density at radius 3 is 2.67 bits per heavy atom. The molecule has 18 heavy (non-hydrogen) atoms. The van der Waals surface area contributed by atoms with Gasteiger partial charge < -0.3 is 4.74 Å². The number of nitriles is 1. The normalized spacial score (nSPS) is 12.2. The van der Waals surface area contributed by atoms with Crippen LogP contribution < -0.4 is 10.1 Å². The molecule has 1 aromatic rings. The van der Waals surface area contributed by atoms with Crippen LogP contribution in [0.25, 0.3) is 0 Å². The van der Waals surface area contributed by atoms with Crippen LogP contribution in [0.2, 0.25) is 0 Å². The van der Waals surface area contributed by atoms with Crippen molar-refractivity contribution in [2.45, 2.75) is 39.7 Å². The summed E-state index contributed by atoms with van der Waals surface area (Å²) in [5.41, 5.74) is 2.36. The van der Waals surface area contributed by atoms with Crippen molar-refractivity contribution < 1.29 is 4.74 Å². The van der Waals surface area contributed by atoms with Crippen molar-refractivity contribution in [3.8, 4) is 11.8 Å². The van der Waals surface area contributed by atoms with Crippen molar-refractivity contribution in [3.05, 3.63) is 29.3 Å². The van der Waals surface area contributed by atoms with E-state index in [2.05, 4.69) is 43.4 Å². The number of likely N-dealkylation sites (N-methyl/N-ethyl adjacent to an activating group) is 1. The van der Waals surface area contributed by atoms with Gasteiger partial charge in [-0.1, -0.05) is 32.9 Å². The van der Waals surface area contributed by atoms with E-state index in [1.165, 1.54) is 5.56 Å². The summed E-state index contributed by atoms with van der Waals surface area (Å²) in [7, 11) is 0. The molecule has 1 atom stereocenters. The highest BCUT2D eigenvalue weighted by molar-refractivity contribution is 5.37. The Morgan fingerprint density at radius 2 is 2.11 bits per heavy atom. The lowest BCUT2D eigenvalue weighted by Gasteiger charge is -2.15. The minimum Gasteiger partial charge on any atom is -0.491 e. The maximum absolute atomic E-state index is 8.95. The minimum atomic E-state index is -0.253. The molecule has 0 heterocycles. The molecule has 98 valence electrons. The van der Waals surface area contributed by atoms with E-state index in [1.54, 1.807) is 0 Å². The van der Waals surface area contributed by atoms with Crippen LogP contribution in [-0.4, -0.2) is 19.2 Å².